The van der Waals surface area contributed by atoms with Gasteiger partial charge in [-0.2, -0.15) is 5.10 Å². The zero-order chi connectivity index (χ0) is 13.5. The summed E-state index contributed by atoms with van der Waals surface area (Å²) in [5.41, 5.74) is 8.09. The number of aryl methyl sites for hydroxylation is 1. The SMILES string of the molecule is CCc1cccc(NC(N)=NCCn2cccn2)c1. The lowest BCUT2D eigenvalue weighted by atomic mass is 10.1. The second-order valence-corrected chi connectivity index (χ2v) is 4.22. The predicted molar refractivity (Wildman–Crippen MR) is 78.2 cm³/mol. The van der Waals surface area contributed by atoms with Crippen molar-refractivity contribution in [3.8, 4) is 0 Å². The van der Waals surface area contributed by atoms with E-state index in [1.165, 1.54) is 5.56 Å². The van der Waals surface area contributed by atoms with E-state index in [0.29, 0.717) is 12.5 Å². The van der Waals surface area contributed by atoms with Crippen LogP contribution in [0.4, 0.5) is 5.69 Å². The van der Waals surface area contributed by atoms with E-state index in [1.54, 1.807) is 6.20 Å². The Morgan fingerprint density at radius 1 is 1.42 bits per heavy atom. The minimum atomic E-state index is 0.431. The van der Waals surface area contributed by atoms with Crippen molar-refractivity contribution < 1.29 is 0 Å². The fraction of sp³-hybridized carbons (Fsp3) is 0.286. The number of nitrogens with two attached hydrogens (primary N) is 1. The van der Waals surface area contributed by atoms with E-state index in [1.807, 2.05) is 29.1 Å². The first-order valence-corrected chi connectivity index (χ1v) is 6.41. The van der Waals surface area contributed by atoms with Crippen LogP contribution in [0.2, 0.25) is 0 Å². The van der Waals surface area contributed by atoms with Gasteiger partial charge < -0.3 is 11.1 Å². The molecule has 100 valence electrons. The summed E-state index contributed by atoms with van der Waals surface area (Å²) >= 11 is 0. The van der Waals surface area contributed by atoms with Gasteiger partial charge in [-0.1, -0.05) is 19.1 Å². The number of anilines is 1. The van der Waals surface area contributed by atoms with Crippen LogP contribution in [0.1, 0.15) is 12.5 Å². The second kappa shape index (κ2) is 6.58. The summed E-state index contributed by atoms with van der Waals surface area (Å²) in [5, 5.41) is 7.20. The van der Waals surface area contributed by atoms with Crippen LogP contribution in [0, 0.1) is 0 Å². The number of aliphatic imine (C=N–C) groups is 1. The van der Waals surface area contributed by atoms with Crippen molar-refractivity contribution in [1.29, 1.82) is 0 Å². The van der Waals surface area contributed by atoms with E-state index in [9.17, 15) is 0 Å². The molecule has 5 heteroatoms. The summed E-state index contributed by atoms with van der Waals surface area (Å²) in [6.07, 6.45) is 4.66. The van der Waals surface area contributed by atoms with Gasteiger partial charge in [0.25, 0.3) is 0 Å². The van der Waals surface area contributed by atoms with Gasteiger partial charge in [0.05, 0.1) is 13.1 Å². The Hall–Kier alpha value is -2.30. The molecule has 0 aliphatic rings. The van der Waals surface area contributed by atoms with Crippen molar-refractivity contribution >= 4 is 11.6 Å². The van der Waals surface area contributed by atoms with Crippen molar-refractivity contribution in [2.24, 2.45) is 10.7 Å². The van der Waals surface area contributed by atoms with E-state index in [0.717, 1.165) is 18.7 Å². The minimum absolute atomic E-state index is 0.431. The first-order valence-electron chi connectivity index (χ1n) is 6.41. The van der Waals surface area contributed by atoms with Crippen molar-refractivity contribution in [3.63, 3.8) is 0 Å². The number of guanidine groups is 1. The lowest BCUT2D eigenvalue weighted by Gasteiger charge is -2.07. The first kappa shape index (κ1) is 13.1. The van der Waals surface area contributed by atoms with E-state index >= 15 is 0 Å². The maximum atomic E-state index is 5.85. The molecule has 0 spiro atoms. The lowest BCUT2D eigenvalue weighted by molar-refractivity contribution is 0.625. The molecule has 0 unspecified atom stereocenters. The highest BCUT2D eigenvalue weighted by molar-refractivity contribution is 5.92. The van der Waals surface area contributed by atoms with Crippen molar-refractivity contribution in [2.75, 3.05) is 11.9 Å². The largest absolute Gasteiger partial charge is 0.370 e. The summed E-state index contributed by atoms with van der Waals surface area (Å²) in [7, 11) is 0. The second-order valence-electron chi connectivity index (χ2n) is 4.22. The van der Waals surface area contributed by atoms with Crippen LogP contribution in [0.15, 0.2) is 47.7 Å². The van der Waals surface area contributed by atoms with Crippen molar-refractivity contribution in [1.82, 2.24) is 9.78 Å². The number of nitrogens with one attached hydrogen (secondary N) is 1. The molecule has 2 rings (SSSR count). The molecule has 0 radical (unpaired) electrons. The summed E-state index contributed by atoms with van der Waals surface area (Å²) < 4.78 is 1.83. The average Bonchev–Trinajstić information content (AvgIpc) is 2.92. The van der Waals surface area contributed by atoms with E-state index in [4.69, 9.17) is 5.73 Å². The number of aromatic nitrogens is 2. The molecule has 1 aromatic carbocycles. The van der Waals surface area contributed by atoms with Crippen molar-refractivity contribution in [3.05, 3.63) is 48.3 Å². The van der Waals surface area contributed by atoms with Gasteiger partial charge in [0.15, 0.2) is 5.96 Å². The smallest absolute Gasteiger partial charge is 0.193 e. The molecule has 0 bridgehead atoms. The standard InChI is InChI=1S/C14H19N5/c1-2-12-5-3-6-13(11-12)18-14(15)16-8-10-19-9-4-7-17-19/h3-7,9,11H,2,8,10H2,1H3,(H3,15,16,18). The highest BCUT2D eigenvalue weighted by Gasteiger charge is 1.96. The third kappa shape index (κ3) is 4.13. The molecule has 0 aliphatic heterocycles. The molecular weight excluding hydrogens is 238 g/mol. The van der Waals surface area contributed by atoms with Gasteiger partial charge in [-0.25, -0.2) is 0 Å². The van der Waals surface area contributed by atoms with Crippen LogP contribution in [0.5, 0.6) is 0 Å². The Kier molecular flexibility index (Phi) is 4.55. The molecule has 0 saturated heterocycles. The Morgan fingerprint density at radius 2 is 2.32 bits per heavy atom. The molecule has 1 aromatic heterocycles. The number of hydrogen-bond donors (Lipinski definition) is 2. The quantitative estimate of drug-likeness (QED) is 0.634. The molecule has 0 atom stereocenters. The number of rotatable bonds is 5. The maximum Gasteiger partial charge on any atom is 0.193 e. The Bertz CT molecular complexity index is 531. The molecule has 2 aromatic rings. The molecule has 0 aliphatic carbocycles. The Labute approximate surface area is 113 Å². The molecule has 0 saturated carbocycles. The lowest BCUT2D eigenvalue weighted by Crippen LogP contribution is -2.23. The van der Waals surface area contributed by atoms with Gasteiger partial charge in [0.1, 0.15) is 0 Å². The first-order chi connectivity index (χ1) is 9.28. The van der Waals surface area contributed by atoms with Crippen LogP contribution >= 0.6 is 0 Å². The zero-order valence-electron chi connectivity index (χ0n) is 11.1. The molecule has 19 heavy (non-hydrogen) atoms. The van der Waals surface area contributed by atoms with Crippen LogP contribution in [0.25, 0.3) is 0 Å². The Morgan fingerprint density at radius 3 is 3.05 bits per heavy atom. The summed E-state index contributed by atoms with van der Waals surface area (Å²) in [6, 6.07) is 10.1. The summed E-state index contributed by atoms with van der Waals surface area (Å²) in [6.45, 7) is 3.46. The zero-order valence-corrected chi connectivity index (χ0v) is 11.1. The highest BCUT2D eigenvalue weighted by Crippen LogP contribution is 2.10. The molecular formula is C14H19N5. The monoisotopic (exact) mass is 257 g/mol. The fourth-order valence-corrected chi connectivity index (χ4v) is 1.76. The summed E-state index contributed by atoms with van der Waals surface area (Å²) in [5.74, 6) is 0.431. The van der Waals surface area contributed by atoms with Crippen LogP contribution in [-0.2, 0) is 13.0 Å². The van der Waals surface area contributed by atoms with Crippen LogP contribution in [0.3, 0.4) is 0 Å². The fourth-order valence-electron chi connectivity index (χ4n) is 1.76. The summed E-state index contributed by atoms with van der Waals surface area (Å²) in [4.78, 5) is 4.27. The normalized spacial score (nSPS) is 11.5. The molecule has 0 fully saturated rings. The van der Waals surface area contributed by atoms with E-state index < -0.39 is 0 Å². The van der Waals surface area contributed by atoms with Gasteiger partial charge in [-0.15, -0.1) is 0 Å². The van der Waals surface area contributed by atoms with Crippen LogP contribution in [-0.4, -0.2) is 22.3 Å². The maximum absolute atomic E-state index is 5.85. The van der Waals surface area contributed by atoms with E-state index in [2.05, 4.69) is 34.5 Å². The predicted octanol–water partition coefficient (Wildman–Crippen LogP) is 1.87. The topological polar surface area (TPSA) is 68.2 Å². The van der Waals surface area contributed by atoms with Gasteiger partial charge in [-0.05, 0) is 30.2 Å². The molecule has 5 nitrogen and oxygen atoms in total. The van der Waals surface area contributed by atoms with Gasteiger partial charge in [0, 0.05) is 18.1 Å². The van der Waals surface area contributed by atoms with Crippen molar-refractivity contribution in [2.45, 2.75) is 19.9 Å². The highest BCUT2D eigenvalue weighted by atomic mass is 15.3. The van der Waals surface area contributed by atoms with E-state index in [-0.39, 0.29) is 0 Å². The minimum Gasteiger partial charge on any atom is -0.370 e. The number of benzene rings is 1. The van der Waals surface area contributed by atoms with Crippen LogP contribution < -0.4 is 11.1 Å². The van der Waals surface area contributed by atoms with Gasteiger partial charge >= 0.3 is 0 Å². The third-order valence-corrected chi connectivity index (χ3v) is 2.78. The van der Waals surface area contributed by atoms with Gasteiger partial charge in [-0.3, -0.25) is 9.67 Å². The number of nitrogens with zero attached hydrogens (tertiary/aromatic N) is 3. The third-order valence-electron chi connectivity index (χ3n) is 2.78. The molecule has 0 amide bonds. The molecule has 1 heterocycles. The molecule has 3 N–H and O–H groups in total. The average molecular weight is 257 g/mol. The number of hydrogen-bond acceptors (Lipinski definition) is 2. The Balaban J connectivity index is 1.87. The van der Waals surface area contributed by atoms with Gasteiger partial charge in [0.2, 0.25) is 0 Å².